The van der Waals surface area contributed by atoms with E-state index in [0.717, 1.165) is 6.07 Å². The van der Waals surface area contributed by atoms with E-state index in [1.54, 1.807) is 18.5 Å². The molecule has 0 saturated carbocycles. The summed E-state index contributed by atoms with van der Waals surface area (Å²) in [6.45, 7) is 1.56. The van der Waals surface area contributed by atoms with Crippen molar-refractivity contribution in [2.24, 2.45) is 7.05 Å². The van der Waals surface area contributed by atoms with Crippen molar-refractivity contribution in [3.8, 4) is 0 Å². The summed E-state index contributed by atoms with van der Waals surface area (Å²) < 4.78 is 28.1. The van der Waals surface area contributed by atoms with Crippen LogP contribution in [-0.2, 0) is 13.7 Å². The number of aromatic nitrogens is 1. The first kappa shape index (κ1) is 10.1. The quantitative estimate of drug-likeness (QED) is 0.769. The molecule has 0 aliphatic heterocycles. The van der Waals surface area contributed by atoms with Crippen molar-refractivity contribution < 1.29 is 13.9 Å². The Morgan fingerprint density at radius 2 is 2.00 bits per heavy atom. The molecule has 1 heterocycles. The predicted octanol–water partition coefficient (Wildman–Crippen LogP) is 2.26. The molecule has 2 nitrogen and oxygen atoms in total. The molecule has 1 N–H and O–H groups in total. The van der Waals surface area contributed by atoms with Crippen molar-refractivity contribution >= 4 is 10.9 Å². The zero-order chi connectivity index (χ0) is 11.2. The number of aliphatic hydroxyl groups excluding tert-OH is 1. The van der Waals surface area contributed by atoms with Crippen LogP contribution < -0.4 is 0 Å². The van der Waals surface area contributed by atoms with Crippen LogP contribution in [0.3, 0.4) is 0 Å². The van der Waals surface area contributed by atoms with Crippen LogP contribution in [0.1, 0.15) is 11.3 Å². The Morgan fingerprint density at radius 3 is 2.60 bits per heavy atom. The third kappa shape index (κ3) is 1.33. The van der Waals surface area contributed by atoms with Gasteiger partial charge < -0.3 is 9.67 Å². The van der Waals surface area contributed by atoms with E-state index in [1.807, 2.05) is 0 Å². The smallest absolute Gasteiger partial charge is 0.150 e. The molecule has 0 spiro atoms. The molecule has 80 valence electrons. The molecule has 0 radical (unpaired) electrons. The second kappa shape index (κ2) is 3.31. The molecule has 15 heavy (non-hydrogen) atoms. The van der Waals surface area contributed by atoms with Crippen molar-refractivity contribution in [2.45, 2.75) is 13.5 Å². The summed E-state index contributed by atoms with van der Waals surface area (Å²) in [6, 6.07) is 2.13. The molecule has 0 atom stereocenters. The monoisotopic (exact) mass is 211 g/mol. The highest BCUT2D eigenvalue weighted by Gasteiger charge is 2.15. The summed E-state index contributed by atoms with van der Waals surface area (Å²) in [5, 5.41) is 9.64. The average molecular weight is 211 g/mol. The summed E-state index contributed by atoms with van der Waals surface area (Å²) in [5.74, 6) is -1.20. The van der Waals surface area contributed by atoms with E-state index in [0.29, 0.717) is 22.2 Å². The van der Waals surface area contributed by atoms with Crippen molar-refractivity contribution in [2.75, 3.05) is 0 Å². The first-order valence-electron chi connectivity index (χ1n) is 4.60. The summed E-state index contributed by atoms with van der Waals surface area (Å²) in [5.41, 5.74) is 1.65. The summed E-state index contributed by atoms with van der Waals surface area (Å²) in [6.07, 6.45) is 0. The fourth-order valence-electron chi connectivity index (χ4n) is 1.96. The van der Waals surface area contributed by atoms with Gasteiger partial charge in [-0.25, -0.2) is 8.78 Å². The minimum atomic E-state index is -0.602. The second-order valence-corrected chi connectivity index (χ2v) is 3.57. The lowest BCUT2D eigenvalue weighted by atomic mass is 10.1. The van der Waals surface area contributed by atoms with E-state index < -0.39 is 11.6 Å². The second-order valence-electron chi connectivity index (χ2n) is 3.57. The number of fused-ring (bicyclic) bond motifs is 1. The predicted molar refractivity (Wildman–Crippen MR) is 53.5 cm³/mol. The molecule has 1 aromatic carbocycles. The van der Waals surface area contributed by atoms with Crippen LogP contribution in [0.2, 0.25) is 0 Å². The topological polar surface area (TPSA) is 25.2 Å². The Labute approximate surface area is 85.8 Å². The number of hydrogen-bond donors (Lipinski definition) is 1. The van der Waals surface area contributed by atoms with Gasteiger partial charge >= 0.3 is 0 Å². The summed E-state index contributed by atoms with van der Waals surface area (Å²) >= 11 is 0. The van der Waals surface area contributed by atoms with Gasteiger partial charge in [0, 0.05) is 24.2 Å². The van der Waals surface area contributed by atoms with Crippen LogP contribution >= 0.6 is 0 Å². The van der Waals surface area contributed by atoms with Gasteiger partial charge in [-0.15, -0.1) is 0 Å². The maximum Gasteiger partial charge on any atom is 0.150 e. The van der Waals surface area contributed by atoms with Gasteiger partial charge in [0.2, 0.25) is 0 Å². The minimum absolute atomic E-state index is 0.182. The zero-order valence-electron chi connectivity index (χ0n) is 8.51. The van der Waals surface area contributed by atoms with Crippen molar-refractivity contribution in [1.29, 1.82) is 0 Å². The number of aliphatic hydroxyl groups is 1. The van der Waals surface area contributed by atoms with Crippen LogP contribution in [0.4, 0.5) is 8.78 Å². The molecule has 0 unspecified atom stereocenters. The highest BCUT2D eigenvalue weighted by atomic mass is 19.1. The number of halogens is 2. The Kier molecular flexibility index (Phi) is 2.23. The number of benzene rings is 1. The number of hydrogen-bond acceptors (Lipinski definition) is 1. The van der Waals surface area contributed by atoms with E-state index in [-0.39, 0.29) is 6.61 Å². The highest BCUT2D eigenvalue weighted by molar-refractivity contribution is 5.85. The molecule has 1 aromatic heterocycles. The average Bonchev–Trinajstić information content (AvgIpc) is 2.39. The van der Waals surface area contributed by atoms with Crippen molar-refractivity contribution in [3.63, 3.8) is 0 Å². The lowest BCUT2D eigenvalue weighted by molar-refractivity contribution is 0.272. The van der Waals surface area contributed by atoms with E-state index in [4.69, 9.17) is 5.11 Å². The van der Waals surface area contributed by atoms with Gasteiger partial charge in [-0.3, -0.25) is 0 Å². The molecule has 0 fully saturated rings. The molecule has 0 aliphatic rings. The third-order valence-corrected chi connectivity index (χ3v) is 2.76. The molecule has 0 saturated heterocycles. The van der Waals surface area contributed by atoms with Crippen LogP contribution in [-0.4, -0.2) is 9.67 Å². The zero-order valence-corrected chi connectivity index (χ0v) is 8.51. The Hall–Kier alpha value is -1.42. The fraction of sp³-hybridized carbons (Fsp3) is 0.273. The van der Waals surface area contributed by atoms with Crippen LogP contribution in [0, 0.1) is 18.6 Å². The largest absolute Gasteiger partial charge is 0.390 e. The normalized spacial score (nSPS) is 11.3. The number of aryl methyl sites for hydroxylation is 2. The molecule has 2 aromatic rings. The molecule has 0 bridgehead atoms. The Morgan fingerprint density at radius 1 is 1.33 bits per heavy atom. The van der Waals surface area contributed by atoms with Crippen LogP contribution in [0.5, 0.6) is 0 Å². The van der Waals surface area contributed by atoms with E-state index in [1.165, 1.54) is 6.07 Å². The van der Waals surface area contributed by atoms with Crippen LogP contribution in [0.15, 0.2) is 12.1 Å². The first-order valence-corrected chi connectivity index (χ1v) is 4.60. The van der Waals surface area contributed by atoms with E-state index >= 15 is 0 Å². The molecular formula is C11H11F2NO. The van der Waals surface area contributed by atoms with Gasteiger partial charge in [0.05, 0.1) is 12.1 Å². The molecule has 2 rings (SSSR count). The molecular weight excluding hydrogens is 200 g/mol. The van der Waals surface area contributed by atoms with Gasteiger partial charge in [-0.05, 0) is 18.6 Å². The van der Waals surface area contributed by atoms with Gasteiger partial charge in [-0.2, -0.15) is 0 Å². The van der Waals surface area contributed by atoms with Crippen LogP contribution in [0.25, 0.3) is 10.9 Å². The number of nitrogens with zero attached hydrogens (tertiary/aromatic N) is 1. The van der Waals surface area contributed by atoms with Crippen molar-refractivity contribution in [3.05, 3.63) is 35.0 Å². The maximum atomic E-state index is 13.5. The summed E-state index contributed by atoms with van der Waals surface area (Å²) in [4.78, 5) is 0. The van der Waals surface area contributed by atoms with Gasteiger partial charge in [0.25, 0.3) is 0 Å². The van der Waals surface area contributed by atoms with Gasteiger partial charge in [0.15, 0.2) is 0 Å². The maximum absolute atomic E-state index is 13.5. The lowest BCUT2D eigenvalue weighted by Crippen LogP contribution is -1.97. The Balaban J connectivity index is 2.95. The SMILES string of the molecule is Cc1c(CO)n(C)c2c(F)cc(F)cc12. The van der Waals surface area contributed by atoms with E-state index in [2.05, 4.69) is 0 Å². The minimum Gasteiger partial charge on any atom is -0.390 e. The number of rotatable bonds is 1. The van der Waals surface area contributed by atoms with Gasteiger partial charge in [-0.1, -0.05) is 0 Å². The first-order chi connectivity index (χ1) is 7.06. The lowest BCUT2D eigenvalue weighted by Gasteiger charge is -2.01. The van der Waals surface area contributed by atoms with Gasteiger partial charge in [0.1, 0.15) is 11.6 Å². The molecule has 0 amide bonds. The fourth-order valence-corrected chi connectivity index (χ4v) is 1.96. The van der Waals surface area contributed by atoms with E-state index in [9.17, 15) is 8.78 Å². The Bertz CT molecular complexity index is 531. The molecule has 0 aliphatic carbocycles. The molecule has 4 heteroatoms. The highest BCUT2D eigenvalue weighted by Crippen LogP contribution is 2.27. The van der Waals surface area contributed by atoms with Crippen molar-refractivity contribution in [1.82, 2.24) is 4.57 Å². The summed E-state index contributed by atoms with van der Waals surface area (Å²) in [7, 11) is 1.65. The standard InChI is InChI=1S/C11H11F2NO/c1-6-8-3-7(12)4-9(13)11(8)14(2)10(6)5-15/h3-4,15H,5H2,1-2H3. The third-order valence-electron chi connectivity index (χ3n) is 2.76.